The molecule has 21 heavy (non-hydrogen) atoms. The number of amides is 1. The van der Waals surface area contributed by atoms with Gasteiger partial charge >= 0.3 is 0 Å². The van der Waals surface area contributed by atoms with Crippen LogP contribution in [0.4, 0.5) is 10.1 Å². The van der Waals surface area contributed by atoms with Gasteiger partial charge in [-0.3, -0.25) is 4.79 Å². The molecule has 110 valence electrons. The fraction of sp³-hybridized carbons (Fsp3) is 0.278. The Balaban J connectivity index is 2.26. The number of hydrogen-bond donors (Lipinski definition) is 1. The maximum atomic E-state index is 13.0. The molecule has 0 aliphatic rings. The third-order valence-electron chi connectivity index (χ3n) is 3.99. The smallest absolute Gasteiger partial charge is 0.234 e. The van der Waals surface area contributed by atoms with Crippen LogP contribution in [0.3, 0.4) is 0 Å². The largest absolute Gasteiger partial charge is 0.325 e. The quantitative estimate of drug-likeness (QED) is 0.892. The van der Waals surface area contributed by atoms with Gasteiger partial charge in [0.05, 0.1) is 5.41 Å². The summed E-state index contributed by atoms with van der Waals surface area (Å²) in [5.74, 6) is -0.410. The van der Waals surface area contributed by atoms with Gasteiger partial charge in [0, 0.05) is 5.69 Å². The molecule has 3 heteroatoms. The molecule has 0 radical (unpaired) electrons. The van der Waals surface area contributed by atoms with Crippen LogP contribution >= 0.6 is 0 Å². The van der Waals surface area contributed by atoms with E-state index in [2.05, 4.69) is 5.32 Å². The molecular weight excluding hydrogens is 265 g/mol. The van der Waals surface area contributed by atoms with Crippen LogP contribution in [-0.2, 0) is 10.2 Å². The van der Waals surface area contributed by atoms with Crippen LogP contribution < -0.4 is 5.32 Å². The van der Waals surface area contributed by atoms with Gasteiger partial charge in [0.25, 0.3) is 0 Å². The minimum Gasteiger partial charge on any atom is -0.325 e. The van der Waals surface area contributed by atoms with Crippen LogP contribution in [0, 0.1) is 19.7 Å². The second-order valence-corrected chi connectivity index (χ2v) is 5.83. The molecule has 0 aliphatic carbocycles. The highest BCUT2D eigenvalue weighted by Gasteiger charge is 2.30. The Labute approximate surface area is 125 Å². The number of hydrogen-bond acceptors (Lipinski definition) is 1. The van der Waals surface area contributed by atoms with Crippen molar-refractivity contribution in [3.63, 3.8) is 0 Å². The molecule has 0 saturated heterocycles. The predicted molar refractivity (Wildman–Crippen MR) is 84.0 cm³/mol. The third kappa shape index (κ3) is 3.13. The van der Waals surface area contributed by atoms with Crippen molar-refractivity contribution in [2.75, 3.05) is 5.32 Å². The van der Waals surface area contributed by atoms with E-state index in [0.29, 0.717) is 0 Å². The molecule has 0 heterocycles. The molecule has 0 aromatic heterocycles. The molecule has 0 fully saturated rings. The summed E-state index contributed by atoms with van der Waals surface area (Å²) in [6.45, 7) is 7.66. The van der Waals surface area contributed by atoms with E-state index in [1.165, 1.54) is 12.1 Å². The number of carbonyl (C=O) groups excluding carboxylic acids is 1. The molecule has 2 aromatic rings. The van der Waals surface area contributed by atoms with Crippen molar-refractivity contribution in [1.82, 2.24) is 0 Å². The van der Waals surface area contributed by atoms with Crippen molar-refractivity contribution in [3.05, 3.63) is 65.0 Å². The molecule has 2 nitrogen and oxygen atoms in total. The second-order valence-electron chi connectivity index (χ2n) is 5.83. The topological polar surface area (TPSA) is 29.1 Å². The maximum absolute atomic E-state index is 13.0. The zero-order chi connectivity index (χ0) is 15.6. The monoisotopic (exact) mass is 285 g/mol. The van der Waals surface area contributed by atoms with Crippen LogP contribution in [0.2, 0.25) is 0 Å². The number of benzene rings is 2. The van der Waals surface area contributed by atoms with Crippen molar-refractivity contribution < 1.29 is 9.18 Å². The van der Waals surface area contributed by atoms with E-state index in [0.717, 1.165) is 22.4 Å². The zero-order valence-electron chi connectivity index (χ0n) is 12.8. The first-order valence-corrected chi connectivity index (χ1v) is 6.96. The van der Waals surface area contributed by atoms with Crippen LogP contribution in [0.25, 0.3) is 0 Å². The highest BCUT2D eigenvalue weighted by atomic mass is 19.1. The fourth-order valence-corrected chi connectivity index (χ4v) is 2.16. The summed E-state index contributed by atoms with van der Waals surface area (Å²) in [4.78, 5) is 12.6. The first-order valence-electron chi connectivity index (χ1n) is 6.96. The van der Waals surface area contributed by atoms with E-state index >= 15 is 0 Å². The van der Waals surface area contributed by atoms with Gasteiger partial charge in [-0.15, -0.1) is 0 Å². The van der Waals surface area contributed by atoms with E-state index < -0.39 is 5.41 Å². The number of aryl methyl sites for hydroxylation is 1. The summed E-state index contributed by atoms with van der Waals surface area (Å²) in [5.41, 5.74) is 3.05. The van der Waals surface area contributed by atoms with Crippen molar-refractivity contribution in [1.29, 1.82) is 0 Å². The molecule has 2 rings (SSSR count). The SMILES string of the molecule is Cc1cccc(NC(=O)C(C)(C)c2ccc(F)cc2)c1C. The number of carbonyl (C=O) groups is 1. The maximum Gasteiger partial charge on any atom is 0.234 e. The van der Waals surface area contributed by atoms with Gasteiger partial charge in [-0.2, -0.15) is 0 Å². The lowest BCUT2D eigenvalue weighted by molar-refractivity contribution is -0.120. The molecular formula is C18H20FNO. The molecule has 0 atom stereocenters. The van der Waals surface area contributed by atoms with Gasteiger partial charge in [0.1, 0.15) is 5.82 Å². The highest BCUT2D eigenvalue weighted by molar-refractivity contribution is 5.99. The molecule has 1 N–H and O–H groups in total. The zero-order valence-corrected chi connectivity index (χ0v) is 12.8. The Hall–Kier alpha value is -2.16. The second kappa shape index (κ2) is 5.68. The van der Waals surface area contributed by atoms with Gasteiger partial charge in [-0.25, -0.2) is 4.39 Å². The first-order chi connectivity index (χ1) is 9.82. The average Bonchev–Trinajstić information content (AvgIpc) is 2.44. The summed E-state index contributed by atoms with van der Waals surface area (Å²) < 4.78 is 13.0. The predicted octanol–water partition coefficient (Wildman–Crippen LogP) is 4.36. The molecule has 1 amide bonds. The molecule has 2 aromatic carbocycles. The Morgan fingerprint density at radius 3 is 2.29 bits per heavy atom. The third-order valence-corrected chi connectivity index (χ3v) is 3.99. The number of halogens is 1. The van der Waals surface area contributed by atoms with Gasteiger partial charge in [-0.1, -0.05) is 24.3 Å². The molecule has 0 spiro atoms. The Morgan fingerprint density at radius 2 is 1.67 bits per heavy atom. The first kappa shape index (κ1) is 15.2. The average molecular weight is 285 g/mol. The fourth-order valence-electron chi connectivity index (χ4n) is 2.16. The van der Waals surface area contributed by atoms with E-state index in [-0.39, 0.29) is 11.7 Å². The van der Waals surface area contributed by atoms with Gasteiger partial charge < -0.3 is 5.32 Å². The number of rotatable bonds is 3. The van der Waals surface area contributed by atoms with Gasteiger partial charge in [0.15, 0.2) is 0 Å². The van der Waals surface area contributed by atoms with Crippen LogP contribution in [0.15, 0.2) is 42.5 Å². The Morgan fingerprint density at radius 1 is 1.05 bits per heavy atom. The Bertz CT molecular complexity index is 659. The summed E-state index contributed by atoms with van der Waals surface area (Å²) in [5, 5.41) is 2.97. The van der Waals surface area contributed by atoms with Crippen molar-refractivity contribution in [3.8, 4) is 0 Å². The van der Waals surface area contributed by atoms with Crippen molar-refractivity contribution in [2.45, 2.75) is 33.1 Å². The molecule has 0 aliphatic heterocycles. The number of anilines is 1. The van der Waals surface area contributed by atoms with E-state index in [4.69, 9.17) is 0 Å². The van der Waals surface area contributed by atoms with E-state index in [1.807, 2.05) is 45.9 Å². The standard InChI is InChI=1S/C18H20FNO/c1-12-6-5-7-16(13(12)2)20-17(21)18(3,4)14-8-10-15(19)11-9-14/h5-11H,1-4H3,(H,20,21). The Kier molecular flexibility index (Phi) is 4.12. The number of nitrogens with one attached hydrogen (secondary N) is 1. The van der Waals surface area contributed by atoms with Crippen LogP contribution in [0.1, 0.15) is 30.5 Å². The lowest BCUT2D eigenvalue weighted by Crippen LogP contribution is -2.35. The summed E-state index contributed by atoms with van der Waals surface area (Å²) >= 11 is 0. The lowest BCUT2D eigenvalue weighted by atomic mass is 9.83. The molecule has 0 bridgehead atoms. The summed E-state index contributed by atoms with van der Waals surface area (Å²) in [6.07, 6.45) is 0. The van der Waals surface area contributed by atoms with E-state index in [1.54, 1.807) is 12.1 Å². The van der Waals surface area contributed by atoms with Crippen LogP contribution in [0.5, 0.6) is 0 Å². The van der Waals surface area contributed by atoms with E-state index in [9.17, 15) is 9.18 Å². The minimum absolute atomic E-state index is 0.109. The van der Waals surface area contributed by atoms with Crippen molar-refractivity contribution >= 4 is 11.6 Å². The lowest BCUT2D eigenvalue weighted by Gasteiger charge is -2.25. The van der Waals surface area contributed by atoms with Crippen molar-refractivity contribution in [2.24, 2.45) is 0 Å². The highest BCUT2D eigenvalue weighted by Crippen LogP contribution is 2.27. The van der Waals surface area contributed by atoms with Crippen LogP contribution in [-0.4, -0.2) is 5.91 Å². The van der Waals surface area contributed by atoms with Gasteiger partial charge in [0.2, 0.25) is 5.91 Å². The molecule has 0 saturated carbocycles. The summed E-state index contributed by atoms with van der Waals surface area (Å²) in [6, 6.07) is 11.9. The molecule has 0 unspecified atom stereocenters. The normalized spacial score (nSPS) is 11.3. The minimum atomic E-state index is -0.732. The summed E-state index contributed by atoms with van der Waals surface area (Å²) in [7, 11) is 0. The van der Waals surface area contributed by atoms with Gasteiger partial charge in [-0.05, 0) is 62.6 Å².